The summed E-state index contributed by atoms with van der Waals surface area (Å²) >= 11 is 1.79. The SMILES string of the molecule is CNc1cnc(CSc2ccccc2C)cn1. The first-order valence-electron chi connectivity index (χ1n) is 5.46. The number of aromatic nitrogens is 2. The van der Waals surface area contributed by atoms with Crippen molar-refractivity contribution in [2.24, 2.45) is 0 Å². The third-order valence-electron chi connectivity index (χ3n) is 2.43. The van der Waals surface area contributed by atoms with Gasteiger partial charge in [0, 0.05) is 17.7 Å². The Morgan fingerprint density at radius 3 is 2.65 bits per heavy atom. The van der Waals surface area contributed by atoms with Crippen LogP contribution in [0.5, 0.6) is 0 Å². The number of aryl methyl sites for hydroxylation is 1. The minimum absolute atomic E-state index is 0.801. The number of nitrogens with one attached hydrogen (secondary N) is 1. The van der Waals surface area contributed by atoms with Crippen molar-refractivity contribution in [3.63, 3.8) is 0 Å². The highest BCUT2D eigenvalue weighted by atomic mass is 32.2. The Bertz CT molecular complexity index is 482. The lowest BCUT2D eigenvalue weighted by molar-refractivity contribution is 1.09. The molecule has 0 saturated heterocycles. The maximum atomic E-state index is 4.35. The molecule has 0 fully saturated rings. The second-order valence-electron chi connectivity index (χ2n) is 3.70. The quantitative estimate of drug-likeness (QED) is 0.840. The van der Waals surface area contributed by atoms with Gasteiger partial charge in [-0.3, -0.25) is 4.98 Å². The fraction of sp³-hybridized carbons (Fsp3) is 0.231. The fourth-order valence-electron chi connectivity index (χ4n) is 1.43. The molecule has 0 spiro atoms. The molecular formula is C13H15N3S. The Kier molecular flexibility index (Phi) is 3.98. The Balaban J connectivity index is 2.00. The summed E-state index contributed by atoms with van der Waals surface area (Å²) in [6.07, 6.45) is 3.57. The second kappa shape index (κ2) is 5.68. The van der Waals surface area contributed by atoms with Crippen molar-refractivity contribution in [2.75, 3.05) is 12.4 Å². The molecule has 2 rings (SSSR count). The maximum Gasteiger partial charge on any atom is 0.144 e. The lowest BCUT2D eigenvalue weighted by Crippen LogP contribution is -1.95. The third-order valence-corrected chi connectivity index (χ3v) is 3.64. The predicted molar refractivity (Wildman–Crippen MR) is 72.3 cm³/mol. The van der Waals surface area contributed by atoms with Gasteiger partial charge in [-0.15, -0.1) is 11.8 Å². The molecule has 0 aliphatic heterocycles. The predicted octanol–water partition coefficient (Wildman–Crippen LogP) is 3.12. The normalized spacial score (nSPS) is 10.2. The largest absolute Gasteiger partial charge is 0.372 e. The molecule has 1 N–H and O–H groups in total. The molecule has 0 amide bonds. The van der Waals surface area contributed by atoms with E-state index in [-0.39, 0.29) is 0 Å². The van der Waals surface area contributed by atoms with E-state index in [1.54, 1.807) is 18.0 Å². The van der Waals surface area contributed by atoms with Gasteiger partial charge in [0.25, 0.3) is 0 Å². The van der Waals surface area contributed by atoms with Crippen molar-refractivity contribution < 1.29 is 0 Å². The van der Waals surface area contributed by atoms with Crippen LogP contribution in [0.25, 0.3) is 0 Å². The lowest BCUT2D eigenvalue weighted by atomic mass is 10.2. The highest BCUT2D eigenvalue weighted by Crippen LogP contribution is 2.24. The summed E-state index contributed by atoms with van der Waals surface area (Å²) in [6, 6.07) is 8.37. The molecule has 0 saturated carbocycles. The van der Waals surface area contributed by atoms with Crippen LogP contribution in [0.2, 0.25) is 0 Å². The number of thioether (sulfide) groups is 1. The van der Waals surface area contributed by atoms with Crippen molar-refractivity contribution in [2.45, 2.75) is 17.6 Å². The van der Waals surface area contributed by atoms with E-state index < -0.39 is 0 Å². The summed E-state index contributed by atoms with van der Waals surface area (Å²) in [5, 5.41) is 2.96. The zero-order valence-electron chi connectivity index (χ0n) is 9.97. The van der Waals surface area contributed by atoms with Crippen LogP contribution in [0.1, 0.15) is 11.3 Å². The Morgan fingerprint density at radius 1 is 1.18 bits per heavy atom. The van der Waals surface area contributed by atoms with Gasteiger partial charge in [0.15, 0.2) is 0 Å². The molecule has 0 aliphatic carbocycles. The van der Waals surface area contributed by atoms with Crippen LogP contribution in [-0.4, -0.2) is 17.0 Å². The molecule has 4 heteroatoms. The van der Waals surface area contributed by atoms with Crippen molar-refractivity contribution in [1.29, 1.82) is 0 Å². The third kappa shape index (κ3) is 3.20. The van der Waals surface area contributed by atoms with E-state index in [0.29, 0.717) is 0 Å². The number of benzene rings is 1. The van der Waals surface area contributed by atoms with Crippen molar-refractivity contribution in [1.82, 2.24) is 9.97 Å². The molecule has 0 bridgehead atoms. The minimum atomic E-state index is 0.801. The Labute approximate surface area is 106 Å². The number of anilines is 1. The average Bonchev–Trinajstić information content (AvgIpc) is 2.38. The van der Waals surface area contributed by atoms with Gasteiger partial charge >= 0.3 is 0 Å². The van der Waals surface area contributed by atoms with Crippen molar-refractivity contribution >= 4 is 17.6 Å². The zero-order valence-corrected chi connectivity index (χ0v) is 10.8. The standard InChI is InChI=1S/C13H15N3S/c1-10-5-3-4-6-12(10)17-9-11-7-16-13(14-2)8-15-11/h3-8H,9H2,1-2H3,(H,14,16). The summed E-state index contributed by atoms with van der Waals surface area (Å²) in [7, 11) is 1.84. The van der Waals surface area contributed by atoms with Gasteiger partial charge < -0.3 is 5.32 Å². The number of hydrogen-bond acceptors (Lipinski definition) is 4. The van der Waals surface area contributed by atoms with Gasteiger partial charge in [-0.25, -0.2) is 4.98 Å². The van der Waals surface area contributed by atoms with Gasteiger partial charge in [0.05, 0.1) is 18.1 Å². The lowest BCUT2D eigenvalue weighted by Gasteiger charge is -2.05. The molecule has 0 unspecified atom stereocenters. The summed E-state index contributed by atoms with van der Waals surface area (Å²) in [4.78, 5) is 9.89. The first kappa shape index (κ1) is 11.9. The Morgan fingerprint density at radius 2 is 2.00 bits per heavy atom. The highest BCUT2D eigenvalue weighted by Gasteiger charge is 2.00. The van der Waals surface area contributed by atoms with Gasteiger partial charge in [-0.05, 0) is 18.6 Å². The average molecular weight is 245 g/mol. The van der Waals surface area contributed by atoms with Gasteiger partial charge in [0.1, 0.15) is 5.82 Å². The van der Waals surface area contributed by atoms with E-state index in [1.807, 2.05) is 13.2 Å². The van der Waals surface area contributed by atoms with E-state index in [4.69, 9.17) is 0 Å². The molecular weight excluding hydrogens is 230 g/mol. The number of nitrogens with zero attached hydrogens (tertiary/aromatic N) is 2. The first-order valence-corrected chi connectivity index (χ1v) is 6.45. The van der Waals surface area contributed by atoms with Crippen LogP contribution >= 0.6 is 11.8 Å². The number of hydrogen-bond donors (Lipinski definition) is 1. The van der Waals surface area contributed by atoms with Crippen molar-refractivity contribution in [3.05, 3.63) is 47.9 Å². The topological polar surface area (TPSA) is 37.8 Å². The molecule has 0 atom stereocenters. The fourth-order valence-corrected chi connectivity index (χ4v) is 2.35. The molecule has 17 heavy (non-hydrogen) atoms. The Hall–Kier alpha value is -1.55. The second-order valence-corrected chi connectivity index (χ2v) is 4.71. The van der Waals surface area contributed by atoms with Crippen LogP contribution in [0.4, 0.5) is 5.82 Å². The minimum Gasteiger partial charge on any atom is -0.372 e. The van der Waals surface area contributed by atoms with Gasteiger partial charge in [-0.2, -0.15) is 0 Å². The molecule has 0 radical (unpaired) electrons. The summed E-state index contributed by atoms with van der Waals surface area (Å²) < 4.78 is 0. The van der Waals surface area contributed by atoms with E-state index >= 15 is 0 Å². The summed E-state index contributed by atoms with van der Waals surface area (Å²) in [5.41, 5.74) is 2.30. The van der Waals surface area contributed by atoms with Crippen LogP contribution < -0.4 is 5.32 Å². The summed E-state index contributed by atoms with van der Waals surface area (Å²) in [5.74, 6) is 1.65. The van der Waals surface area contributed by atoms with Crippen LogP contribution in [0, 0.1) is 6.92 Å². The molecule has 1 aromatic heterocycles. The smallest absolute Gasteiger partial charge is 0.144 e. The van der Waals surface area contributed by atoms with Crippen LogP contribution in [-0.2, 0) is 5.75 Å². The molecule has 88 valence electrons. The molecule has 1 heterocycles. The van der Waals surface area contributed by atoms with Crippen LogP contribution in [0.15, 0.2) is 41.6 Å². The first-order chi connectivity index (χ1) is 8.29. The van der Waals surface area contributed by atoms with Gasteiger partial charge in [0.2, 0.25) is 0 Å². The van der Waals surface area contributed by atoms with E-state index in [9.17, 15) is 0 Å². The molecule has 3 nitrogen and oxygen atoms in total. The number of rotatable bonds is 4. The monoisotopic (exact) mass is 245 g/mol. The van der Waals surface area contributed by atoms with E-state index in [2.05, 4.69) is 46.5 Å². The zero-order chi connectivity index (χ0) is 12.1. The van der Waals surface area contributed by atoms with Crippen molar-refractivity contribution in [3.8, 4) is 0 Å². The van der Waals surface area contributed by atoms with E-state index in [0.717, 1.165) is 17.3 Å². The molecule has 0 aliphatic rings. The summed E-state index contributed by atoms with van der Waals surface area (Å²) in [6.45, 7) is 2.12. The van der Waals surface area contributed by atoms with Crippen LogP contribution in [0.3, 0.4) is 0 Å². The highest BCUT2D eigenvalue weighted by molar-refractivity contribution is 7.98. The van der Waals surface area contributed by atoms with E-state index in [1.165, 1.54) is 10.5 Å². The molecule has 2 aromatic rings. The van der Waals surface area contributed by atoms with Gasteiger partial charge in [-0.1, -0.05) is 18.2 Å². The molecule has 1 aromatic carbocycles. The maximum absolute atomic E-state index is 4.35.